The van der Waals surface area contributed by atoms with E-state index in [9.17, 15) is 4.79 Å². The summed E-state index contributed by atoms with van der Waals surface area (Å²) in [6.07, 6.45) is 0. The number of hydrogen-bond acceptors (Lipinski definition) is 3. The van der Waals surface area contributed by atoms with Crippen LogP contribution in [0, 0.1) is 0 Å². The summed E-state index contributed by atoms with van der Waals surface area (Å²) in [7, 11) is 1.76. The molecule has 0 fully saturated rings. The second-order valence-corrected chi connectivity index (χ2v) is 1.11. The molecule has 0 radical (unpaired) electrons. The van der Waals surface area contributed by atoms with Crippen LogP contribution < -0.4 is 0 Å². The van der Waals surface area contributed by atoms with Crippen LogP contribution in [0.1, 0.15) is 0 Å². The minimum atomic E-state index is -0.562. The second-order valence-electron chi connectivity index (χ2n) is 0.879. The zero-order valence-electron chi connectivity index (χ0n) is 3.94. The fourth-order valence-electron chi connectivity index (χ4n) is 0.127. The van der Waals surface area contributed by atoms with Crippen LogP contribution in [0.2, 0.25) is 0 Å². The van der Waals surface area contributed by atoms with E-state index in [1.54, 1.807) is 9.47 Å². The van der Waals surface area contributed by atoms with Crippen molar-refractivity contribution in [3.05, 3.63) is 10.4 Å². The Morgan fingerprint density at radius 2 is 2.62 bits per heavy atom. The van der Waals surface area contributed by atoms with Gasteiger partial charge in [-0.05, 0) is 5.53 Å². The normalized spacial score (nSPS) is 7.12. The molecule has 0 bridgehead atoms. The topological polar surface area (TPSA) is 75.1 Å². The quantitative estimate of drug-likeness (QED) is 0.240. The molecule has 0 saturated carbocycles. The third-order valence-corrected chi connectivity index (χ3v) is 0.657. The van der Waals surface area contributed by atoms with Crippen LogP contribution in [0.3, 0.4) is 0 Å². The third-order valence-electron chi connectivity index (χ3n) is 0.395. The van der Waals surface area contributed by atoms with Gasteiger partial charge in [0.25, 0.3) is 0 Å². The molecule has 0 aromatic rings. The number of carbonyl (C=O) groups excluding carboxylic acids is 1. The Balaban J connectivity index is 3.39. The van der Waals surface area contributed by atoms with Crippen LogP contribution in [-0.2, 0) is 9.32 Å². The maximum Gasteiger partial charge on any atom is 0.313 e. The Morgan fingerprint density at radius 1 is 2.00 bits per heavy atom. The second kappa shape index (κ2) is 4.37. The van der Waals surface area contributed by atoms with Gasteiger partial charge in [0.2, 0.25) is 0 Å². The minimum Gasteiger partial charge on any atom is -0.451 e. The summed E-state index contributed by atoms with van der Waals surface area (Å²) >= 11 is 0. The van der Waals surface area contributed by atoms with Crippen LogP contribution in [0.25, 0.3) is 10.4 Å². The highest BCUT2D eigenvalue weighted by atomic mass is 31.0. The lowest BCUT2D eigenvalue weighted by Gasteiger charge is -1.87. The first-order valence-electron chi connectivity index (χ1n) is 1.71. The molecule has 1 unspecified atom stereocenters. The minimum absolute atomic E-state index is 0.250. The Kier molecular flexibility index (Phi) is 3.94. The zero-order chi connectivity index (χ0) is 6.41. The molecule has 6 heteroatoms. The first kappa shape index (κ1) is 7.21. The molecule has 0 aliphatic carbocycles. The van der Waals surface area contributed by atoms with Crippen molar-refractivity contribution in [3.63, 3.8) is 0 Å². The van der Waals surface area contributed by atoms with Gasteiger partial charge in [0.05, 0.1) is 9.47 Å². The standard InChI is InChI=1S/C2H4N3O2P/c3-5-4-1-2(6)7-8/h1,8H2. The van der Waals surface area contributed by atoms with Crippen molar-refractivity contribution in [2.24, 2.45) is 5.11 Å². The van der Waals surface area contributed by atoms with E-state index in [1.807, 2.05) is 0 Å². The SMILES string of the molecule is [N-]=[N+]=NCC(=O)OP. The summed E-state index contributed by atoms with van der Waals surface area (Å²) in [6.45, 7) is -0.250. The number of rotatable bonds is 2. The average Bonchev–Trinajstić information content (AvgIpc) is 1.83. The van der Waals surface area contributed by atoms with E-state index in [4.69, 9.17) is 5.53 Å². The highest BCUT2D eigenvalue weighted by Crippen LogP contribution is 1.86. The van der Waals surface area contributed by atoms with Crippen LogP contribution in [0.4, 0.5) is 0 Å². The van der Waals surface area contributed by atoms with Crippen LogP contribution in [0.5, 0.6) is 0 Å². The monoisotopic (exact) mass is 133 g/mol. The molecule has 0 rings (SSSR count). The molecule has 0 spiro atoms. The van der Waals surface area contributed by atoms with E-state index in [2.05, 4.69) is 14.5 Å². The van der Waals surface area contributed by atoms with E-state index in [-0.39, 0.29) is 6.54 Å². The summed E-state index contributed by atoms with van der Waals surface area (Å²) in [6, 6.07) is 0. The molecule has 0 aromatic carbocycles. The Bertz CT molecular complexity index is 129. The Morgan fingerprint density at radius 3 is 3.00 bits per heavy atom. The van der Waals surface area contributed by atoms with Gasteiger partial charge < -0.3 is 4.52 Å². The van der Waals surface area contributed by atoms with Crippen molar-refractivity contribution in [3.8, 4) is 0 Å². The Labute approximate surface area is 47.9 Å². The maximum atomic E-state index is 10.1. The van der Waals surface area contributed by atoms with Gasteiger partial charge in [-0.3, -0.25) is 4.79 Å². The molecule has 5 nitrogen and oxygen atoms in total. The number of nitrogens with zero attached hydrogens (tertiary/aromatic N) is 3. The highest BCUT2D eigenvalue weighted by molar-refractivity contribution is 7.10. The lowest BCUT2D eigenvalue weighted by molar-refractivity contribution is -0.131. The molecule has 0 aromatic heterocycles. The molecule has 44 valence electrons. The Hall–Kier alpha value is -0.790. The predicted molar refractivity (Wildman–Crippen MR) is 29.8 cm³/mol. The molecule has 0 N–H and O–H groups in total. The van der Waals surface area contributed by atoms with Gasteiger partial charge in [-0.2, -0.15) is 0 Å². The van der Waals surface area contributed by atoms with E-state index >= 15 is 0 Å². The molecule has 1 atom stereocenters. The first-order chi connectivity index (χ1) is 3.81. The molecule has 0 amide bonds. The van der Waals surface area contributed by atoms with Crippen molar-refractivity contribution < 1.29 is 9.32 Å². The maximum absolute atomic E-state index is 10.1. The van der Waals surface area contributed by atoms with Crippen molar-refractivity contribution in [2.45, 2.75) is 0 Å². The van der Waals surface area contributed by atoms with Crippen molar-refractivity contribution >= 4 is 15.4 Å². The van der Waals surface area contributed by atoms with Crippen LogP contribution >= 0.6 is 9.47 Å². The van der Waals surface area contributed by atoms with E-state index in [0.717, 1.165) is 0 Å². The van der Waals surface area contributed by atoms with E-state index in [1.165, 1.54) is 0 Å². The van der Waals surface area contributed by atoms with Crippen molar-refractivity contribution in [1.82, 2.24) is 0 Å². The summed E-state index contributed by atoms with van der Waals surface area (Å²) in [5.41, 5.74) is 7.65. The number of azide groups is 1. The smallest absolute Gasteiger partial charge is 0.313 e. The van der Waals surface area contributed by atoms with Crippen LogP contribution in [0.15, 0.2) is 5.11 Å². The number of carbonyl (C=O) groups is 1. The van der Waals surface area contributed by atoms with Gasteiger partial charge in [-0.1, -0.05) is 5.11 Å². The summed E-state index contributed by atoms with van der Waals surface area (Å²) < 4.78 is 4.07. The lowest BCUT2D eigenvalue weighted by Crippen LogP contribution is -1.98. The summed E-state index contributed by atoms with van der Waals surface area (Å²) in [5, 5.41) is 2.94. The molecule has 0 heterocycles. The van der Waals surface area contributed by atoms with Crippen LogP contribution in [-0.4, -0.2) is 12.5 Å². The average molecular weight is 133 g/mol. The zero-order valence-corrected chi connectivity index (χ0v) is 5.10. The fourth-order valence-corrected chi connectivity index (χ4v) is 0.201. The van der Waals surface area contributed by atoms with E-state index in [0.29, 0.717) is 0 Å². The summed E-state index contributed by atoms with van der Waals surface area (Å²) in [5.74, 6) is -0.562. The van der Waals surface area contributed by atoms with Gasteiger partial charge >= 0.3 is 5.97 Å². The number of hydrogen-bond donors (Lipinski definition) is 0. The van der Waals surface area contributed by atoms with Gasteiger partial charge in [-0.25, -0.2) is 0 Å². The molecule has 0 aliphatic rings. The van der Waals surface area contributed by atoms with Gasteiger partial charge in [0, 0.05) is 4.91 Å². The molecular weight excluding hydrogens is 129 g/mol. The molecule has 0 aliphatic heterocycles. The highest BCUT2D eigenvalue weighted by Gasteiger charge is 1.92. The lowest BCUT2D eigenvalue weighted by atomic mass is 10.7. The molecular formula is C2H4N3O2P. The summed E-state index contributed by atoms with van der Waals surface area (Å²) in [4.78, 5) is 12.4. The van der Waals surface area contributed by atoms with E-state index < -0.39 is 5.97 Å². The largest absolute Gasteiger partial charge is 0.451 e. The van der Waals surface area contributed by atoms with Crippen molar-refractivity contribution in [2.75, 3.05) is 6.54 Å². The van der Waals surface area contributed by atoms with Gasteiger partial charge in [0.15, 0.2) is 0 Å². The first-order valence-corrected chi connectivity index (χ1v) is 2.19. The van der Waals surface area contributed by atoms with Crippen molar-refractivity contribution in [1.29, 1.82) is 0 Å². The van der Waals surface area contributed by atoms with Gasteiger partial charge in [-0.15, -0.1) is 0 Å². The molecule has 0 saturated heterocycles. The fraction of sp³-hybridized carbons (Fsp3) is 0.500. The molecule has 8 heavy (non-hydrogen) atoms. The van der Waals surface area contributed by atoms with Gasteiger partial charge in [0.1, 0.15) is 6.54 Å². The predicted octanol–water partition coefficient (Wildman–Crippen LogP) is 0.630. The third kappa shape index (κ3) is 3.40.